The number of ketones is 1. The predicted octanol–water partition coefficient (Wildman–Crippen LogP) is 0.772. The van der Waals surface area contributed by atoms with Crippen LogP contribution < -0.4 is 0 Å². The van der Waals surface area contributed by atoms with E-state index < -0.39 is 0 Å². The zero-order valence-corrected chi connectivity index (χ0v) is 8.69. The smallest absolute Gasteiger partial charge is 0.176 e. The van der Waals surface area contributed by atoms with E-state index in [1.165, 1.54) is 0 Å². The fourth-order valence-electron chi connectivity index (χ4n) is 2.97. The Kier molecular flexibility index (Phi) is 2.04. The molecule has 1 fully saturated rings. The lowest BCUT2D eigenvalue weighted by Crippen LogP contribution is -2.58. The highest BCUT2D eigenvalue weighted by atomic mass is 16.5. The van der Waals surface area contributed by atoms with E-state index >= 15 is 0 Å². The third-order valence-corrected chi connectivity index (χ3v) is 3.78. The quantitative estimate of drug-likeness (QED) is 0.592. The topological polar surface area (TPSA) is 29.5 Å². The van der Waals surface area contributed by atoms with Crippen LogP contribution in [0.2, 0.25) is 0 Å². The van der Waals surface area contributed by atoms with Crippen LogP contribution in [0.25, 0.3) is 0 Å². The van der Waals surface area contributed by atoms with Crippen LogP contribution in [-0.2, 0) is 9.53 Å². The molecule has 2 atom stereocenters. The van der Waals surface area contributed by atoms with Crippen LogP contribution in [-0.4, -0.2) is 42.5 Å². The molecule has 1 aliphatic heterocycles. The van der Waals surface area contributed by atoms with Gasteiger partial charge in [0.2, 0.25) is 0 Å². The number of ether oxygens (including phenoxy) is 1. The summed E-state index contributed by atoms with van der Waals surface area (Å²) in [5.74, 6) is 0.572. The number of hydrogen-bond donors (Lipinski definition) is 0. The van der Waals surface area contributed by atoms with Gasteiger partial charge in [0.05, 0.1) is 18.8 Å². The molecule has 0 N–H and O–H groups in total. The number of rotatable bonds is 1. The molecule has 0 radical (unpaired) electrons. The molecule has 2 unspecified atom stereocenters. The molecule has 1 heterocycles. The summed E-state index contributed by atoms with van der Waals surface area (Å²) in [5.41, 5.74) is -0.274. The molecular weight excluding hydrogens is 190 g/mol. The Morgan fingerprint density at radius 3 is 2.93 bits per heavy atom. The number of hydrogen-bond acceptors (Lipinski definition) is 3. The predicted molar refractivity (Wildman–Crippen MR) is 56.5 cm³/mol. The first kappa shape index (κ1) is 9.31. The Labute approximate surface area is 89.4 Å². The van der Waals surface area contributed by atoms with E-state index in [9.17, 15) is 4.79 Å². The van der Waals surface area contributed by atoms with Gasteiger partial charge in [0.15, 0.2) is 5.78 Å². The highest BCUT2D eigenvalue weighted by molar-refractivity contribution is 6.02. The maximum absolute atomic E-state index is 12.1. The number of fused-ring (bicyclic) bond motifs is 1. The second-order valence-corrected chi connectivity index (χ2v) is 4.41. The first-order chi connectivity index (χ1) is 7.34. The van der Waals surface area contributed by atoms with Crippen LogP contribution in [0.3, 0.4) is 0 Å². The summed E-state index contributed by atoms with van der Waals surface area (Å²) in [6.07, 6.45) is 8.97. The fourth-order valence-corrected chi connectivity index (χ4v) is 2.97. The summed E-state index contributed by atoms with van der Waals surface area (Å²) in [4.78, 5) is 14.4. The zero-order chi connectivity index (χ0) is 10.3. The van der Waals surface area contributed by atoms with E-state index in [-0.39, 0.29) is 11.3 Å². The molecular formula is C12H15NO2. The Bertz CT molecular complexity index is 342. The fraction of sp³-hybridized carbons (Fsp3) is 0.583. The van der Waals surface area contributed by atoms with Crippen molar-refractivity contribution >= 4 is 5.78 Å². The summed E-state index contributed by atoms with van der Waals surface area (Å²) in [6, 6.07) is 0. The third-order valence-electron chi connectivity index (χ3n) is 3.78. The van der Waals surface area contributed by atoms with Crippen LogP contribution in [0.1, 0.15) is 6.42 Å². The molecule has 80 valence electrons. The summed E-state index contributed by atoms with van der Waals surface area (Å²) < 4.78 is 5.35. The Balaban J connectivity index is 1.91. The van der Waals surface area contributed by atoms with Crippen molar-refractivity contribution in [3.63, 3.8) is 0 Å². The molecule has 1 saturated heterocycles. The van der Waals surface area contributed by atoms with Crippen molar-refractivity contribution in [3.05, 3.63) is 24.3 Å². The van der Waals surface area contributed by atoms with Crippen molar-refractivity contribution in [2.24, 2.45) is 5.92 Å². The molecule has 0 aromatic carbocycles. The van der Waals surface area contributed by atoms with E-state index in [1.807, 2.05) is 6.08 Å². The van der Waals surface area contributed by atoms with Gasteiger partial charge in [0.25, 0.3) is 0 Å². The lowest BCUT2D eigenvalue weighted by molar-refractivity contribution is -0.129. The summed E-state index contributed by atoms with van der Waals surface area (Å²) in [5, 5.41) is 0. The van der Waals surface area contributed by atoms with Gasteiger partial charge < -0.3 is 4.74 Å². The van der Waals surface area contributed by atoms with Gasteiger partial charge in [-0.3, -0.25) is 9.69 Å². The molecule has 15 heavy (non-hydrogen) atoms. The molecule has 3 heteroatoms. The molecule has 0 spiro atoms. The Morgan fingerprint density at radius 2 is 2.13 bits per heavy atom. The first-order valence-electron chi connectivity index (χ1n) is 5.56. The molecule has 3 nitrogen and oxygen atoms in total. The molecule has 0 saturated carbocycles. The summed E-state index contributed by atoms with van der Waals surface area (Å²) >= 11 is 0. The van der Waals surface area contributed by atoms with E-state index in [4.69, 9.17) is 4.74 Å². The highest BCUT2D eigenvalue weighted by Gasteiger charge is 2.51. The standard InChI is InChI=1S/C12H15NO2/c14-11-4-3-10-2-1-5-12(10,11)13-6-8-15-9-7-13/h1-4,10H,5-9H2. The van der Waals surface area contributed by atoms with Gasteiger partial charge >= 0.3 is 0 Å². The number of carbonyl (C=O) groups is 1. The molecule has 0 aromatic heterocycles. The SMILES string of the molecule is O=C1C=CC2C=CCC12N1CCOCC1. The minimum Gasteiger partial charge on any atom is -0.379 e. The molecule has 0 bridgehead atoms. The lowest BCUT2D eigenvalue weighted by atomic mass is 9.85. The Morgan fingerprint density at radius 1 is 1.33 bits per heavy atom. The normalized spacial score (nSPS) is 40.0. The monoisotopic (exact) mass is 205 g/mol. The van der Waals surface area contributed by atoms with Crippen molar-refractivity contribution in [2.75, 3.05) is 26.3 Å². The average Bonchev–Trinajstić information content (AvgIpc) is 2.82. The largest absolute Gasteiger partial charge is 0.379 e. The van der Waals surface area contributed by atoms with Crippen molar-refractivity contribution < 1.29 is 9.53 Å². The van der Waals surface area contributed by atoms with Crippen molar-refractivity contribution in [1.82, 2.24) is 4.90 Å². The van der Waals surface area contributed by atoms with Gasteiger partial charge in [0, 0.05) is 19.0 Å². The molecule has 3 aliphatic rings. The van der Waals surface area contributed by atoms with Gasteiger partial charge in [-0.25, -0.2) is 0 Å². The van der Waals surface area contributed by atoms with Crippen LogP contribution in [0.5, 0.6) is 0 Å². The average molecular weight is 205 g/mol. The maximum Gasteiger partial charge on any atom is 0.176 e. The minimum absolute atomic E-state index is 0.274. The van der Waals surface area contributed by atoms with Crippen molar-refractivity contribution in [1.29, 1.82) is 0 Å². The molecule has 3 rings (SSSR count). The van der Waals surface area contributed by atoms with E-state index in [0.717, 1.165) is 32.7 Å². The zero-order valence-electron chi connectivity index (χ0n) is 8.69. The van der Waals surface area contributed by atoms with Crippen molar-refractivity contribution in [3.8, 4) is 0 Å². The third kappa shape index (κ3) is 1.17. The number of morpholine rings is 1. The van der Waals surface area contributed by atoms with Gasteiger partial charge in [0.1, 0.15) is 0 Å². The molecule has 0 amide bonds. The van der Waals surface area contributed by atoms with Gasteiger partial charge in [-0.1, -0.05) is 18.2 Å². The van der Waals surface area contributed by atoms with Gasteiger partial charge in [-0.2, -0.15) is 0 Å². The van der Waals surface area contributed by atoms with Crippen LogP contribution in [0.15, 0.2) is 24.3 Å². The maximum atomic E-state index is 12.1. The van der Waals surface area contributed by atoms with Crippen LogP contribution in [0, 0.1) is 5.92 Å². The van der Waals surface area contributed by atoms with Gasteiger partial charge in [-0.15, -0.1) is 0 Å². The van der Waals surface area contributed by atoms with E-state index in [2.05, 4.69) is 17.1 Å². The number of carbonyl (C=O) groups excluding carboxylic acids is 1. The summed E-state index contributed by atoms with van der Waals surface area (Å²) in [7, 11) is 0. The van der Waals surface area contributed by atoms with E-state index in [0.29, 0.717) is 5.92 Å². The lowest BCUT2D eigenvalue weighted by Gasteiger charge is -2.42. The summed E-state index contributed by atoms with van der Waals surface area (Å²) in [6.45, 7) is 3.26. The molecule has 0 aromatic rings. The highest BCUT2D eigenvalue weighted by Crippen LogP contribution is 2.41. The van der Waals surface area contributed by atoms with Crippen molar-refractivity contribution in [2.45, 2.75) is 12.0 Å². The second-order valence-electron chi connectivity index (χ2n) is 4.41. The van der Waals surface area contributed by atoms with Gasteiger partial charge in [-0.05, 0) is 12.5 Å². The minimum atomic E-state index is -0.274. The molecule has 2 aliphatic carbocycles. The Hall–Kier alpha value is -0.930. The van der Waals surface area contributed by atoms with Crippen LogP contribution >= 0.6 is 0 Å². The van der Waals surface area contributed by atoms with Crippen LogP contribution in [0.4, 0.5) is 0 Å². The second kappa shape index (κ2) is 3.29. The van der Waals surface area contributed by atoms with E-state index in [1.54, 1.807) is 6.08 Å². The first-order valence-corrected chi connectivity index (χ1v) is 5.56. The number of nitrogens with zero attached hydrogens (tertiary/aromatic N) is 1.